The highest BCUT2D eigenvalue weighted by Crippen LogP contribution is 2.26. The van der Waals surface area contributed by atoms with Gasteiger partial charge in [-0.15, -0.1) is 0 Å². The van der Waals surface area contributed by atoms with Gasteiger partial charge in [-0.2, -0.15) is 0 Å². The zero-order valence-corrected chi connectivity index (χ0v) is 11.0. The van der Waals surface area contributed by atoms with Crippen LogP contribution in [0.5, 0.6) is 0 Å². The van der Waals surface area contributed by atoms with Crippen molar-refractivity contribution in [1.82, 2.24) is 4.90 Å². The van der Waals surface area contributed by atoms with Crippen LogP contribution in [0.2, 0.25) is 0 Å². The lowest BCUT2D eigenvalue weighted by Crippen LogP contribution is -2.44. The average Bonchev–Trinajstić information content (AvgIpc) is 2.81. The predicted molar refractivity (Wildman–Crippen MR) is 65.6 cm³/mol. The Balaban J connectivity index is 2.68. The van der Waals surface area contributed by atoms with Gasteiger partial charge in [-0.25, -0.2) is 0 Å². The minimum Gasteiger partial charge on any atom is -0.481 e. The number of hydrogen-bond donors (Lipinski definition) is 1. The van der Waals surface area contributed by atoms with Crippen molar-refractivity contribution in [2.45, 2.75) is 52.5 Å². The van der Waals surface area contributed by atoms with Gasteiger partial charge in [0.25, 0.3) is 0 Å². The molecule has 0 spiro atoms. The molecule has 0 aromatic rings. The SMILES string of the molecule is CCN(C(=O)C(C)C(C)C(=O)O)C1CCCC1. The molecular weight excluding hydrogens is 218 g/mol. The molecule has 4 nitrogen and oxygen atoms in total. The van der Waals surface area contributed by atoms with Crippen molar-refractivity contribution in [2.24, 2.45) is 11.8 Å². The standard InChI is InChI=1S/C13H23NO3/c1-4-14(11-7-5-6-8-11)12(15)9(2)10(3)13(16)17/h9-11H,4-8H2,1-3H3,(H,16,17). The van der Waals surface area contributed by atoms with Crippen LogP contribution in [-0.2, 0) is 9.59 Å². The molecule has 0 aromatic carbocycles. The van der Waals surface area contributed by atoms with E-state index >= 15 is 0 Å². The summed E-state index contributed by atoms with van der Waals surface area (Å²) in [5, 5.41) is 8.95. The summed E-state index contributed by atoms with van der Waals surface area (Å²) in [7, 11) is 0. The molecule has 0 radical (unpaired) electrons. The van der Waals surface area contributed by atoms with Crippen molar-refractivity contribution in [3.05, 3.63) is 0 Å². The molecule has 1 aliphatic carbocycles. The van der Waals surface area contributed by atoms with Gasteiger partial charge in [-0.3, -0.25) is 9.59 Å². The van der Waals surface area contributed by atoms with Crippen LogP contribution in [0.4, 0.5) is 0 Å². The summed E-state index contributed by atoms with van der Waals surface area (Å²) in [5.74, 6) is -1.95. The smallest absolute Gasteiger partial charge is 0.307 e. The summed E-state index contributed by atoms with van der Waals surface area (Å²) < 4.78 is 0. The second-order valence-electron chi connectivity index (χ2n) is 4.98. The third kappa shape index (κ3) is 3.20. The quantitative estimate of drug-likeness (QED) is 0.802. The van der Waals surface area contributed by atoms with E-state index in [1.54, 1.807) is 13.8 Å². The molecular formula is C13H23NO3. The molecule has 4 heteroatoms. The first-order valence-corrected chi connectivity index (χ1v) is 6.52. The maximum Gasteiger partial charge on any atom is 0.307 e. The van der Waals surface area contributed by atoms with E-state index in [0.717, 1.165) is 12.8 Å². The molecule has 2 unspecified atom stereocenters. The zero-order chi connectivity index (χ0) is 13.0. The molecule has 0 bridgehead atoms. The highest BCUT2D eigenvalue weighted by Gasteiger charge is 2.32. The highest BCUT2D eigenvalue weighted by molar-refractivity contribution is 5.84. The predicted octanol–water partition coefficient (Wildman–Crippen LogP) is 2.13. The zero-order valence-electron chi connectivity index (χ0n) is 11.0. The van der Waals surface area contributed by atoms with Crippen LogP contribution in [0.25, 0.3) is 0 Å². The van der Waals surface area contributed by atoms with Gasteiger partial charge in [0.2, 0.25) is 5.91 Å². The Morgan fingerprint density at radius 2 is 1.76 bits per heavy atom. The van der Waals surface area contributed by atoms with Gasteiger partial charge in [-0.1, -0.05) is 26.7 Å². The van der Waals surface area contributed by atoms with Crippen LogP contribution in [0.1, 0.15) is 46.5 Å². The van der Waals surface area contributed by atoms with Crippen molar-refractivity contribution in [3.8, 4) is 0 Å². The van der Waals surface area contributed by atoms with Crippen molar-refractivity contribution in [2.75, 3.05) is 6.54 Å². The van der Waals surface area contributed by atoms with Crippen LogP contribution in [-0.4, -0.2) is 34.5 Å². The van der Waals surface area contributed by atoms with E-state index in [2.05, 4.69) is 0 Å². The first kappa shape index (κ1) is 14.0. The molecule has 1 amide bonds. The van der Waals surface area contributed by atoms with Crippen molar-refractivity contribution >= 4 is 11.9 Å². The van der Waals surface area contributed by atoms with Crippen LogP contribution >= 0.6 is 0 Å². The Bertz CT molecular complexity index is 284. The molecule has 98 valence electrons. The first-order chi connectivity index (χ1) is 7.99. The van der Waals surface area contributed by atoms with Gasteiger partial charge < -0.3 is 10.0 Å². The average molecular weight is 241 g/mol. The molecule has 0 aliphatic heterocycles. The molecule has 17 heavy (non-hydrogen) atoms. The fourth-order valence-electron chi connectivity index (χ4n) is 2.50. The molecule has 0 saturated heterocycles. The van der Waals surface area contributed by atoms with Crippen LogP contribution in [0.3, 0.4) is 0 Å². The lowest BCUT2D eigenvalue weighted by atomic mass is 9.94. The lowest BCUT2D eigenvalue weighted by molar-refractivity contribution is -0.150. The molecule has 1 fully saturated rings. The fourth-order valence-corrected chi connectivity index (χ4v) is 2.50. The van der Waals surface area contributed by atoms with E-state index in [1.165, 1.54) is 12.8 Å². The monoisotopic (exact) mass is 241 g/mol. The lowest BCUT2D eigenvalue weighted by Gasteiger charge is -2.31. The Hall–Kier alpha value is -1.06. The van der Waals surface area contributed by atoms with Gasteiger partial charge in [-0.05, 0) is 19.8 Å². The van der Waals surface area contributed by atoms with E-state index in [0.29, 0.717) is 12.6 Å². The summed E-state index contributed by atoms with van der Waals surface area (Å²) in [6.07, 6.45) is 4.48. The number of carbonyl (C=O) groups excluding carboxylic acids is 1. The number of nitrogens with zero attached hydrogens (tertiary/aromatic N) is 1. The first-order valence-electron chi connectivity index (χ1n) is 6.52. The van der Waals surface area contributed by atoms with Crippen LogP contribution < -0.4 is 0 Å². The molecule has 0 aromatic heterocycles. The number of carboxylic acids is 1. The fraction of sp³-hybridized carbons (Fsp3) is 0.846. The van der Waals surface area contributed by atoms with Crippen molar-refractivity contribution < 1.29 is 14.7 Å². The van der Waals surface area contributed by atoms with Gasteiger partial charge in [0, 0.05) is 18.5 Å². The normalized spacial score (nSPS) is 19.9. The Labute approximate surface area is 103 Å². The number of carbonyl (C=O) groups is 2. The summed E-state index contributed by atoms with van der Waals surface area (Å²) in [4.78, 5) is 25.0. The molecule has 1 N–H and O–H groups in total. The van der Waals surface area contributed by atoms with Crippen molar-refractivity contribution in [1.29, 1.82) is 0 Å². The summed E-state index contributed by atoms with van der Waals surface area (Å²) >= 11 is 0. The second kappa shape index (κ2) is 6.03. The van der Waals surface area contributed by atoms with E-state index in [-0.39, 0.29) is 5.91 Å². The third-order valence-corrected chi connectivity index (χ3v) is 3.92. The summed E-state index contributed by atoms with van der Waals surface area (Å²) in [6.45, 7) is 5.97. The van der Waals surface area contributed by atoms with Gasteiger partial charge in [0.1, 0.15) is 0 Å². The summed E-state index contributed by atoms with van der Waals surface area (Å²) in [5.41, 5.74) is 0. The van der Waals surface area contributed by atoms with Crippen LogP contribution in [0.15, 0.2) is 0 Å². The number of amides is 1. The number of aliphatic carboxylic acids is 1. The Morgan fingerprint density at radius 3 is 2.18 bits per heavy atom. The minimum atomic E-state index is -0.895. The second-order valence-corrected chi connectivity index (χ2v) is 4.98. The topological polar surface area (TPSA) is 57.6 Å². The van der Waals surface area contributed by atoms with Crippen molar-refractivity contribution in [3.63, 3.8) is 0 Å². The third-order valence-electron chi connectivity index (χ3n) is 3.92. The number of rotatable bonds is 5. The van der Waals surface area contributed by atoms with E-state index < -0.39 is 17.8 Å². The Morgan fingerprint density at radius 1 is 1.24 bits per heavy atom. The molecule has 1 saturated carbocycles. The molecule has 0 heterocycles. The highest BCUT2D eigenvalue weighted by atomic mass is 16.4. The summed E-state index contributed by atoms with van der Waals surface area (Å²) in [6, 6.07) is 0.330. The van der Waals surface area contributed by atoms with E-state index in [1.807, 2.05) is 11.8 Å². The van der Waals surface area contributed by atoms with Gasteiger partial charge in [0.15, 0.2) is 0 Å². The van der Waals surface area contributed by atoms with E-state index in [4.69, 9.17) is 5.11 Å². The van der Waals surface area contributed by atoms with Gasteiger partial charge in [0.05, 0.1) is 5.92 Å². The largest absolute Gasteiger partial charge is 0.481 e. The molecule has 1 aliphatic rings. The number of hydrogen-bond acceptors (Lipinski definition) is 2. The molecule has 2 atom stereocenters. The van der Waals surface area contributed by atoms with Crippen LogP contribution in [0, 0.1) is 11.8 Å². The number of carboxylic acid groups (broad SMARTS) is 1. The minimum absolute atomic E-state index is 0.00528. The maximum atomic E-state index is 12.3. The Kier molecular flexibility index (Phi) is 4.97. The molecule has 1 rings (SSSR count). The maximum absolute atomic E-state index is 12.3. The van der Waals surface area contributed by atoms with E-state index in [9.17, 15) is 9.59 Å². The van der Waals surface area contributed by atoms with Gasteiger partial charge >= 0.3 is 5.97 Å².